The molecular weight excluding hydrogens is 304 g/mol. The molecule has 2 amide bonds. The van der Waals surface area contributed by atoms with Crippen LogP contribution in [0.4, 0.5) is 4.79 Å². The summed E-state index contributed by atoms with van der Waals surface area (Å²) in [4.78, 5) is 18.6. The lowest BCUT2D eigenvalue weighted by Gasteiger charge is -2.36. The second-order valence-electron chi connectivity index (χ2n) is 7.96. The normalized spacial score (nSPS) is 30.8. The van der Waals surface area contributed by atoms with Crippen molar-refractivity contribution in [3.8, 4) is 0 Å². The molecule has 24 heavy (non-hydrogen) atoms. The average Bonchev–Trinajstić information content (AvgIpc) is 2.54. The van der Waals surface area contributed by atoms with Gasteiger partial charge in [0.2, 0.25) is 0 Å². The fraction of sp³-hybridized carbons (Fsp3) is 0.944. The van der Waals surface area contributed by atoms with E-state index in [4.69, 9.17) is 0 Å². The van der Waals surface area contributed by atoms with Crippen LogP contribution in [0.5, 0.6) is 0 Å². The molecule has 2 fully saturated rings. The third-order valence-corrected chi connectivity index (χ3v) is 5.91. The number of piperazine rings is 1. The van der Waals surface area contributed by atoms with Crippen LogP contribution in [-0.4, -0.2) is 91.3 Å². The van der Waals surface area contributed by atoms with E-state index in [9.17, 15) is 9.90 Å². The number of likely N-dealkylation sites (N-methyl/N-ethyl adjacent to an activating group) is 2. The Labute approximate surface area is 147 Å². The Hall–Kier alpha value is -0.850. The van der Waals surface area contributed by atoms with E-state index in [2.05, 4.69) is 36.0 Å². The molecule has 1 heterocycles. The number of nitrogens with zero attached hydrogens (tertiary/aromatic N) is 3. The first kappa shape index (κ1) is 19.5. The van der Waals surface area contributed by atoms with Crippen LogP contribution in [0.2, 0.25) is 0 Å². The fourth-order valence-electron chi connectivity index (χ4n) is 3.84. The van der Waals surface area contributed by atoms with Crippen LogP contribution in [0.3, 0.4) is 0 Å². The van der Waals surface area contributed by atoms with E-state index in [0.29, 0.717) is 24.9 Å². The Morgan fingerprint density at radius 1 is 1.25 bits per heavy atom. The average molecular weight is 341 g/mol. The van der Waals surface area contributed by atoms with Crippen LogP contribution in [0, 0.1) is 11.8 Å². The molecule has 1 aliphatic heterocycles. The minimum Gasteiger partial charge on any atom is -0.390 e. The smallest absolute Gasteiger partial charge is 0.317 e. The van der Waals surface area contributed by atoms with Crippen molar-refractivity contribution < 1.29 is 9.90 Å². The second-order valence-corrected chi connectivity index (χ2v) is 7.96. The zero-order chi connectivity index (χ0) is 17.7. The molecule has 4 atom stereocenters. The quantitative estimate of drug-likeness (QED) is 0.786. The number of nitrogens with one attached hydrogen (secondary N) is 1. The summed E-state index contributed by atoms with van der Waals surface area (Å²) in [6.45, 7) is 9.59. The number of carbonyl (C=O) groups is 1. The van der Waals surface area contributed by atoms with Gasteiger partial charge in [-0.25, -0.2) is 4.79 Å². The van der Waals surface area contributed by atoms with Crippen molar-refractivity contribution in [2.75, 3.05) is 53.4 Å². The van der Waals surface area contributed by atoms with Gasteiger partial charge in [-0.2, -0.15) is 0 Å². The number of carbonyl (C=O) groups excluding carboxylic acids is 1. The van der Waals surface area contributed by atoms with Gasteiger partial charge >= 0.3 is 6.03 Å². The highest BCUT2D eigenvalue weighted by molar-refractivity contribution is 5.74. The van der Waals surface area contributed by atoms with E-state index in [0.717, 1.165) is 32.6 Å². The summed E-state index contributed by atoms with van der Waals surface area (Å²) in [6, 6.07) is 0.205. The molecule has 0 aromatic heterocycles. The number of amides is 2. The highest BCUT2D eigenvalue weighted by Gasteiger charge is 2.29. The molecular formula is C18H36N4O2. The number of aliphatic hydroxyl groups excluding tert-OH is 1. The van der Waals surface area contributed by atoms with E-state index in [-0.39, 0.29) is 12.1 Å². The van der Waals surface area contributed by atoms with Crippen molar-refractivity contribution in [2.45, 2.75) is 45.3 Å². The molecule has 0 bridgehead atoms. The van der Waals surface area contributed by atoms with E-state index < -0.39 is 6.10 Å². The lowest BCUT2D eigenvalue weighted by atomic mass is 9.78. The van der Waals surface area contributed by atoms with Gasteiger partial charge in [-0.15, -0.1) is 0 Å². The number of hydrogen-bond acceptors (Lipinski definition) is 4. The maximum atomic E-state index is 12.4. The van der Waals surface area contributed by atoms with Crippen molar-refractivity contribution in [1.82, 2.24) is 20.0 Å². The first-order valence-corrected chi connectivity index (χ1v) is 9.47. The lowest BCUT2D eigenvalue weighted by molar-refractivity contribution is 0.0648. The van der Waals surface area contributed by atoms with Crippen molar-refractivity contribution in [1.29, 1.82) is 0 Å². The van der Waals surface area contributed by atoms with E-state index in [1.807, 2.05) is 0 Å². The molecule has 140 valence electrons. The summed E-state index contributed by atoms with van der Waals surface area (Å²) in [5.41, 5.74) is 0. The third-order valence-electron chi connectivity index (χ3n) is 5.91. The molecule has 2 N–H and O–H groups in total. The summed E-state index contributed by atoms with van der Waals surface area (Å²) in [5, 5.41) is 13.5. The zero-order valence-corrected chi connectivity index (χ0v) is 15.9. The SMILES string of the molecule is CC1CCCC(NC(=O)N(C)CC(O)CN2CCN(C)CC2)C1C. The summed E-state index contributed by atoms with van der Waals surface area (Å²) < 4.78 is 0. The number of hydrogen-bond donors (Lipinski definition) is 2. The minimum absolute atomic E-state index is 0.0571. The summed E-state index contributed by atoms with van der Waals surface area (Å²) >= 11 is 0. The molecule has 2 rings (SSSR count). The van der Waals surface area contributed by atoms with Gasteiger partial charge in [0, 0.05) is 52.4 Å². The number of β-amino-alcohol motifs (C(OH)–C–C–N with tert-alkyl or cyclic N) is 1. The lowest BCUT2D eigenvalue weighted by Crippen LogP contribution is -2.52. The first-order chi connectivity index (χ1) is 11.4. The predicted molar refractivity (Wildman–Crippen MR) is 97.1 cm³/mol. The molecule has 1 aliphatic carbocycles. The van der Waals surface area contributed by atoms with Crippen molar-refractivity contribution in [2.24, 2.45) is 11.8 Å². The van der Waals surface area contributed by atoms with Gasteiger partial charge in [0.05, 0.1) is 6.10 Å². The van der Waals surface area contributed by atoms with Gasteiger partial charge in [0.1, 0.15) is 0 Å². The Bertz CT molecular complexity index is 398. The molecule has 0 aromatic carbocycles. The molecule has 6 heteroatoms. The monoisotopic (exact) mass is 340 g/mol. The molecule has 1 saturated heterocycles. The first-order valence-electron chi connectivity index (χ1n) is 9.47. The van der Waals surface area contributed by atoms with E-state index >= 15 is 0 Å². The van der Waals surface area contributed by atoms with Crippen LogP contribution in [-0.2, 0) is 0 Å². The van der Waals surface area contributed by atoms with Gasteiger partial charge in [-0.1, -0.05) is 26.7 Å². The fourth-order valence-corrected chi connectivity index (χ4v) is 3.84. The molecule has 0 aromatic rings. The molecule has 2 aliphatic rings. The predicted octanol–water partition coefficient (Wildman–Crippen LogP) is 1.06. The molecule has 0 spiro atoms. The Kier molecular flexibility index (Phi) is 7.32. The maximum absolute atomic E-state index is 12.4. The van der Waals surface area contributed by atoms with Crippen molar-refractivity contribution in [3.63, 3.8) is 0 Å². The number of rotatable bonds is 5. The second kappa shape index (κ2) is 9.02. The van der Waals surface area contributed by atoms with E-state index in [1.165, 1.54) is 12.8 Å². The van der Waals surface area contributed by atoms with Crippen LogP contribution in [0.15, 0.2) is 0 Å². The van der Waals surface area contributed by atoms with Crippen LogP contribution in [0.1, 0.15) is 33.1 Å². The summed E-state index contributed by atoms with van der Waals surface area (Å²) in [7, 11) is 3.90. The molecule has 4 unspecified atom stereocenters. The maximum Gasteiger partial charge on any atom is 0.317 e. The van der Waals surface area contributed by atoms with Gasteiger partial charge in [0.15, 0.2) is 0 Å². The molecule has 0 radical (unpaired) electrons. The van der Waals surface area contributed by atoms with Crippen molar-refractivity contribution >= 4 is 6.03 Å². The van der Waals surface area contributed by atoms with Crippen LogP contribution < -0.4 is 5.32 Å². The largest absolute Gasteiger partial charge is 0.390 e. The third kappa shape index (κ3) is 5.60. The van der Waals surface area contributed by atoms with Crippen LogP contribution >= 0.6 is 0 Å². The molecule has 1 saturated carbocycles. The number of urea groups is 1. The molecule has 6 nitrogen and oxygen atoms in total. The Balaban J connectivity index is 1.72. The topological polar surface area (TPSA) is 59.1 Å². The van der Waals surface area contributed by atoms with Crippen molar-refractivity contribution in [3.05, 3.63) is 0 Å². The summed E-state index contributed by atoms with van der Waals surface area (Å²) in [5.74, 6) is 1.18. The highest BCUT2D eigenvalue weighted by atomic mass is 16.3. The minimum atomic E-state index is -0.494. The van der Waals surface area contributed by atoms with Gasteiger partial charge in [-0.05, 0) is 25.3 Å². The van der Waals surface area contributed by atoms with Gasteiger partial charge in [0.25, 0.3) is 0 Å². The summed E-state index contributed by atoms with van der Waals surface area (Å²) in [6.07, 6.45) is 3.01. The van der Waals surface area contributed by atoms with Gasteiger partial charge < -0.3 is 20.2 Å². The van der Waals surface area contributed by atoms with Crippen LogP contribution in [0.25, 0.3) is 0 Å². The van der Waals surface area contributed by atoms with E-state index in [1.54, 1.807) is 11.9 Å². The Morgan fingerprint density at radius 3 is 2.58 bits per heavy atom. The number of aliphatic hydroxyl groups is 1. The zero-order valence-electron chi connectivity index (χ0n) is 15.9. The highest BCUT2D eigenvalue weighted by Crippen LogP contribution is 2.29. The van der Waals surface area contributed by atoms with Gasteiger partial charge in [-0.3, -0.25) is 4.90 Å². The standard InChI is InChI=1S/C18H36N4O2/c1-14-6-5-7-17(15(14)2)19-18(24)21(4)12-16(23)13-22-10-8-20(3)9-11-22/h14-17,23H,5-13H2,1-4H3,(H,19,24). The Morgan fingerprint density at radius 2 is 1.92 bits per heavy atom.